The molecule has 3 N–H and O–H groups in total. The van der Waals surface area contributed by atoms with Crippen LogP contribution in [0.4, 0.5) is 4.79 Å². The van der Waals surface area contributed by atoms with Crippen molar-refractivity contribution in [1.29, 1.82) is 0 Å². The molecule has 2 rings (SSSR count). The number of aliphatic carboxylic acids is 1. The van der Waals surface area contributed by atoms with E-state index in [0.29, 0.717) is 25.9 Å². The topological polar surface area (TPSA) is 89.9 Å². The first-order chi connectivity index (χ1) is 8.53. The van der Waals surface area contributed by atoms with Crippen molar-refractivity contribution in [2.75, 3.05) is 19.6 Å². The van der Waals surface area contributed by atoms with Gasteiger partial charge in [-0.25, -0.2) is 4.79 Å². The van der Waals surface area contributed by atoms with Crippen molar-refractivity contribution in [3.8, 4) is 0 Å². The first kappa shape index (κ1) is 13.1. The molecule has 1 unspecified atom stereocenters. The van der Waals surface area contributed by atoms with Gasteiger partial charge < -0.3 is 20.4 Å². The maximum atomic E-state index is 11.9. The molecule has 1 aliphatic heterocycles. The van der Waals surface area contributed by atoms with Gasteiger partial charge in [-0.15, -0.1) is 0 Å². The summed E-state index contributed by atoms with van der Waals surface area (Å²) in [6.45, 7) is 1.16. The van der Waals surface area contributed by atoms with Crippen LogP contribution in [-0.4, -0.2) is 52.9 Å². The summed E-state index contributed by atoms with van der Waals surface area (Å²) in [7, 11) is 0. The summed E-state index contributed by atoms with van der Waals surface area (Å²) in [5.41, 5.74) is -0.760. The van der Waals surface area contributed by atoms with Crippen LogP contribution in [0.2, 0.25) is 0 Å². The number of β-amino-alcohol motifs (C(OH)–C–C–N with tert-alkyl or cyclic N) is 1. The van der Waals surface area contributed by atoms with Crippen LogP contribution in [0.3, 0.4) is 0 Å². The summed E-state index contributed by atoms with van der Waals surface area (Å²) in [6, 6.07) is -0.263. The van der Waals surface area contributed by atoms with E-state index in [1.165, 1.54) is 0 Å². The van der Waals surface area contributed by atoms with Crippen molar-refractivity contribution in [3.63, 3.8) is 0 Å². The van der Waals surface area contributed by atoms with Crippen LogP contribution in [0, 0.1) is 5.41 Å². The fraction of sp³-hybridized carbons (Fsp3) is 0.833. The van der Waals surface area contributed by atoms with Crippen LogP contribution in [0.1, 0.15) is 32.1 Å². The summed E-state index contributed by atoms with van der Waals surface area (Å²) >= 11 is 0. The number of aliphatic hydroxyl groups excluding tert-OH is 1. The number of likely N-dealkylation sites (tertiary alicyclic amines) is 1. The van der Waals surface area contributed by atoms with Gasteiger partial charge in [0, 0.05) is 19.6 Å². The first-order valence-corrected chi connectivity index (χ1v) is 6.48. The summed E-state index contributed by atoms with van der Waals surface area (Å²) in [5, 5.41) is 21.3. The third-order valence-corrected chi connectivity index (χ3v) is 4.03. The minimum absolute atomic E-state index is 0.188. The van der Waals surface area contributed by atoms with E-state index in [-0.39, 0.29) is 12.6 Å². The SMILES string of the molecule is O=C(NCC1(C(=O)O)CCC1)N1CCCC(O)C1. The van der Waals surface area contributed by atoms with Gasteiger partial charge in [-0.3, -0.25) is 4.79 Å². The molecular formula is C12H20N2O4. The number of carboxylic acids is 1. The molecule has 1 heterocycles. The number of nitrogens with one attached hydrogen (secondary N) is 1. The lowest BCUT2D eigenvalue weighted by Crippen LogP contribution is -2.52. The Kier molecular flexibility index (Phi) is 3.75. The Morgan fingerprint density at radius 2 is 2.06 bits per heavy atom. The average molecular weight is 256 g/mol. The molecule has 0 aromatic rings. The van der Waals surface area contributed by atoms with Crippen molar-refractivity contribution in [2.45, 2.75) is 38.2 Å². The van der Waals surface area contributed by atoms with Crippen molar-refractivity contribution in [1.82, 2.24) is 10.2 Å². The Hall–Kier alpha value is -1.30. The Morgan fingerprint density at radius 3 is 2.56 bits per heavy atom. The maximum Gasteiger partial charge on any atom is 0.317 e. The third kappa shape index (κ3) is 2.58. The zero-order chi connectivity index (χ0) is 13.2. The smallest absolute Gasteiger partial charge is 0.317 e. The van der Waals surface area contributed by atoms with Crippen molar-refractivity contribution in [3.05, 3.63) is 0 Å². The highest BCUT2D eigenvalue weighted by molar-refractivity contribution is 5.79. The number of hydrogen-bond donors (Lipinski definition) is 3. The van der Waals surface area contributed by atoms with Crippen LogP contribution in [0.15, 0.2) is 0 Å². The molecule has 0 radical (unpaired) electrons. The minimum atomic E-state index is -0.826. The van der Waals surface area contributed by atoms with Gasteiger partial charge >= 0.3 is 12.0 Å². The van der Waals surface area contributed by atoms with Crippen molar-refractivity contribution in [2.24, 2.45) is 5.41 Å². The van der Waals surface area contributed by atoms with Gasteiger partial charge in [0.15, 0.2) is 0 Å². The summed E-state index contributed by atoms with van der Waals surface area (Å²) in [4.78, 5) is 24.6. The van der Waals surface area contributed by atoms with E-state index in [0.717, 1.165) is 19.3 Å². The van der Waals surface area contributed by atoms with E-state index < -0.39 is 17.5 Å². The van der Waals surface area contributed by atoms with Crippen molar-refractivity contribution >= 4 is 12.0 Å². The maximum absolute atomic E-state index is 11.9. The number of carbonyl (C=O) groups excluding carboxylic acids is 1. The molecule has 0 bridgehead atoms. The minimum Gasteiger partial charge on any atom is -0.481 e. The molecule has 0 spiro atoms. The largest absolute Gasteiger partial charge is 0.481 e. The quantitative estimate of drug-likeness (QED) is 0.682. The van der Waals surface area contributed by atoms with Crippen LogP contribution >= 0.6 is 0 Å². The van der Waals surface area contributed by atoms with E-state index in [1.54, 1.807) is 4.90 Å². The lowest BCUT2D eigenvalue weighted by Gasteiger charge is -2.38. The Morgan fingerprint density at radius 1 is 1.33 bits per heavy atom. The molecule has 18 heavy (non-hydrogen) atoms. The van der Waals surface area contributed by atoms with Gasteiger partial charge in [-0.1, -0.05) is 6.42 Å². The van der Waals surface area contributed by atoms with Gasteiger partial charge in [0.05, 0.1) is 11.5 Å². The number of piperidine rings is 1. The zero-order valence-corrected chi connectivity index (χ0v) is 10.4. The van der Waals surface area contributed by atoms with Gasteiger partial charge in [0.1, 0.15) is 0 Å². The second-order valence-corrected chi connectivity index (χ2v) is 5.34. The number of hydrogen-bond acceptors (Lipinski definition) is 3. The van der Waals surface area contributed by atoms with Gasteiger partial charge in [-0.2, -0.15) is 0 Å². The van der Waals surface area contributed by atoms with Crippen LogP contribution in [0.5, 0.6) is 0 Å². The monoisotopic (exact) mass is 256 g/mol. The number of aliphatic hydroxyl groups is 1. The number of rotatable bonds is 3. The zero-order valence-electron chi connectivity index (χ0n) is 10.4. The second kappa shape index (κ2) is 5.14. The highest BCUT2D eigenvalue weighted by Gasteiger charge is 2.44. The number of urea groups is 1. The normalized spacial score (nSPS) is 26.3. The molecule has 0 aromatic carbocycles. The Labute approximate surface area is 106 Å². The molecule has 1 aliphatic carbocycles. The Bertz CT molecular complexity index is 341. The first-order valence-electron chi connectivity index (χ1n) is 6.48. The number of carboxylic acid groups (broad SMARTS) is 1. The predicted octanol–water partition coefficient (Wildman–Crippen LogP) is 0.408. The molecule has 6 nitrogen and oxygen atoms in total. The predicted molar refractivity (Wildman–Crippen MR) is 64.1 cm³/mol. The van der Waals surface area contributed by atoms with Crippen LogP contribution < -0.4 is 5.32 Å². The molecule has 1 saturated heterocycles. The van der Waals surface area contributed by atoms with E-state index in [4.69, 9.17) is 5.11 Å². The highest BCUT2D eigenvalue weighted by Crippen LogP contribution is 2.40. The lowest BCUT2D eigenvalue weighted by molar-refractivity contribution is -0.153. The van der Waals surface area contributed by atoms with E-state index in [2.05, 4.69) is 5.32 Å². The highest BCUT2D eigenvalue weighted by atomic mass is 16.4. The molecule has 2 fully saturated rings. The lowest BCUT2D eigenvalue weighted by atomic mass is 9.69. The van der Waals surface area contributed by atoms with Crippen molar-refractivity contribution < 1.29 is 19.8 Å². The fourth-order valence-corrected chi connectivity index (χ4v) is 2.57. The standard InChI is InChI=1S/C12H20N2O4/c15-9-3-1-6-14(7-9)11(18)13-8-12(10(16)17)4-2-5-12/h9,15H,1-8H2,(H,13,18)(H,16,17). The second-order valence-electron chi connectivity index (χ2n) is 5.34. The molecule has 2 amide bonds. The van der Waals surface area contributed by atoms with E-state index in [9.17, 15) is 14.7 Å². The summed E-state index contributed by atoms with van der Waals surface area (Å²) in [6.07, 6.45) is 3.23. The molecule has 0 aromatic heterocycles. The fourth-order valence-electron chi connectivity index (χ4n) is 2.57. The molecular weight excluding hydrogens is 236 g/mol. The summed E-state index contributed by atoms with van der Waals surface area (Å²) < 4.78 is 0. The third-order valence-electron chi connectivity index (χ3n) is 4.03. The molecule has 1 atom stereocenters. The number of amides is 2. The molecule has 102 valence electrons. The van der Waals surface area contributed by atoms with Gasteiger partial charge in [0.2, 0.25) is 0 Å². The van der Waals surface area contributed by atoms with E-state index >= 15 is 0 Å². The number of carbonyl (C=O) groups is 2. The molecule has 1 saturated carbocycles. The van der Waals surface area contributed by atoms with Gasteiger partial charge in [-0.05, 0) is 25.7 Å². The van der Waals surface area contributed by atoms with Gasteiger partial charge in [0.25, 0.3) is 0 Å². The summed E-state index contributed by atoms with van der Waals surface area (Å²) in [5.74, 6) is -0.826. The van der Waals surface area contributed by atoms with E-state index in [1.807, 2.05) is 0 Å². The Balaban J connectivity index is 1.82. The number of nitrogens with zero attached hydrogens (tertiary/aromatic N) is 1. The van der Waals surface area contributed by atoms with Crippen LogP contribution in [0.25, 0.3) is 0 Å². The van der Waals surface area contributed by atoms with Crippen LogP contribution in [-0.2, 0) is 4.79 Å². The molecule has 2 aliphatic rings. The molecule has 6 heteroatoms. The average Bonchev–Trinajstić information content (AvgIpc) is 2.26.